The smallest absolute Gasteiger partial charge is 0.0490 e. The first-order chi connectivity index (χ1) is 8.43. The summed E-state index contributed by atoms with van der Waals surface area (Å²) < 4.78 is 0. The van der Waals surface area contributed by atoms with Gasteiger partial charge in [-0.3, -0.25) is 5.10 Å². The summed E-state index contributed by atoms with van der Waals surface area (Å²) in [6.45, 7) is 0.857. The van der Waals surface area contributed by atoms with Crippen LogP contribution in [0.5, 0.6) is 0 Å². The number of hydrogen-bond acceptors (Lipinski definition) is 2. The van der Waals surface area contributed by atoms with Crippen molar-refractivity contribution < 1.29 is 0 Å². The Morgan fingerprint density at radius 2 is 2.06 bits per heavy atom. The van der Waals surface area contributed by atoms with Crippen LogP contribution in [-0.2, 0) is 6.54 Å². The van der Waals surface area contributed by atoms with E-state index in [1.54, 1.807) is 6.20 Å². The van der Waals surface area contributed by atoms with Crippen LogP contribution in [0.2, 0.25) is 0 Å². The Kier molecular flexibility index (Phi) is 2.92. The topological polar surface area (TPSA) is 40.7 Å². The van der Waals surface area contributed by atoms with Crippen LogP contribution in [-0.4, -0.2) is 10.2 Å². The number of nitrogens with zero attached hydrogens (tertiary/aromatic N) is 1. The van der Waals surface area contributed by atoms with Gasteiger partial charge in [-0.2, -0.15) is 5.10 Å². The van der Waals surface area contributed by atoms with E-state index in [4.69, 9.17) is 0 Å². The molecule has 1 aromatic carbocycles. The lowest BCUT2D eigenvalue weighted by molar-refractivity contribution is 0.476. The minimum atomic E-state index is 0.486. The maximum Gasteiger partial charge on any atom is 0.0490 e. The second kappa shape index (κ2) is 4.72. The fourth-order valence-corrected chi connectivity index (χ4v) is 2.25. The molecule has 0 amide bonds. The monoisotopic (exact) mass is 227 g/mol. The maximum atomic E-state index is 3.97. The van der Waals surface area contributed by atoms with Crippen molar-refractivity contribution in [1.29, 1.82) is 0 Å². The van der Waals surface area contributed by atoms with E-state index >= 15 is 0 Å². The second-order valence-electron chi connectivity index (χ2n) is 4.69. The molecule has 2 N–H and O–H groups in total. The molecule has 1 aromatic heterocycles. The predicted octanol–water partition coefficient (Wildman–Crippen LogP) is 2.65. The highest BCUT2D eigenvalue weighted by Crippen LogP contribution is 2.40. The summed E-state index contributed by atoms with van der Waals surface area (Å²) in [4.78, 5) is 0. The molecule has 1 fully saturated rings. The van der Waals surface area contributed by atoms with Crippen molar-refractivity contribution in [3.8, 4) is 0 Å². The van der Waals surface area contributed by atoms with Gasteiger partial charge < -0.3 is 5.32 Å². The molecular formula is C14H17N3. The predicted molar refractivity (Wildman–Crippen MR) is 67.3 cm³/mol. The molecule has 3 heteroatoms. The van der Waals surface area contributed by atoms with Gasteiger partial charge in [-0.25, -0.2) is 0 Å². The van der Waals surface area contributed by atoms with Crippen molar-refractivity contribution in [1.82, 2.24) is 15.5 Å². The summed E-state index contributed by atoms with van der Waals surface area (Å²) in [6, 6.07) is 13.2. The lowest BCUT2D eigenvalue weighted by Gasteiger charge is -2.18. The molecule has 1 aliphatic carbocycles. The van der Waals surface area contributed by atoms with Crippen molar-refractivity contribution in [3.63, 3.8) is 0 Å². The Balaban J connectivity index is 1.68. The third-order valence-electron chi connectivity index (χ3n) is 3.32. The van der Waals surface area contributed by atoms with Crippen molar-refractivity contribution in [2.75, 3.05) is 0 Å². The lowest BCUT2D eigenvalue weighted by Crippen LogP contribution is -2.22. The first-order valence-electron chi connectivity index (χ1n) is 6.20. The van der Waals surface area contributed by atoms with E-state index < -0.39 is 0 Å². The number of H-pyrrole nitrogens is 1. The van der Waals surface area contributed by atoms with Crippen molar-refractivity contribution in [2.45, 2.75) is 25.4 Å². The first kappa shape index (κ1) is 10.5. The van der Waals surface area contributed by atoms with Crippen molar-refractivity contribution in [2.24, 2.45) is 5.92 Å². The quantitative estimate of drug-likeness (QED) is 0.824. The second-order valence-corrected chi connectivity index (χ2v) is 4.69. The third kappa shape index (κ3) is 2.56. The van der Waals surface area contributed by atoms with Crippen LogP contribution in [0.1, 0.15) is 30.1 Å². The molecule has 3 rings (SSSR count). The van der Waals surface area contributed by atoms with E-state index in [1.165, 1.54) is 18.4 Å². The Morgan fingerprint density at radius 1 is 1.24 bits per heavy atom. The van der Waals surface area contributed by atoms with Gasteiger partial charge in [0.15, 0.2) is 0 Å². The Labute approximate surface area is 101 Å². The van der Waals surface area contributed by atoms with Gasteiger partial charge in [-0.15, -0.1) is 0 Å². The molecule has 1 aliphatic rings. The molecule has 1 saturated carbocycles. The fourth-order valence-electron chi connectivity index (χ4n) is 2.25. The number of nitrogens with one attached hydrogen (secondary N) is 2. The molecular weight excluding hydrogens is 210 g/mol. The van der Waals surface area contributed by atoms with E-state index in [2.05, 4.69) is 45.8 Å². The zero-order chi connectivity index (χ0) is 11.5. The van der Waals surface area contributed by atoms with Gasteiger partial charge in [-0.05, 0) is 30.4 Å². The van der Waals surface area contributed by atoms with Gasteiger partial charge in [-0.1, -0.05) is 30.3 Å². The fraction of sp³-hybridized carbons (Fsp3) is 0.357. The standard InChI is InChI=1S/C14H17N3/c1-2-4-11(5-3-1)14(12-6-7-12)15-10-13-8-9-16-17-13/h1-5,8-9,12,14-15H,6-7,10H2,(H,16,17). The molecule has 0 saturated heterocycles. The third-order valence-corrected chi connectivity index (χ3v) is 3.32. The van der Waals surface area contributed by atoms with E-state index in [9.17, 15) is 0 Å². The molecule has 1 atom stereocenters. The summed E-state index contributed by atoms with van der Waals surface area (Å²) in [5.74, 6) is 0.806. The number of rotatable bonds is 5. The van der Waals surface area contributed by atoms with Crippen LogP contribution in [0.4, 0.5) is 0 Å². The minimum Gasteiger partial charge on any atom is -0.304 e. The molecule has 3 nitrogen and oxygen atoms in total. The maximum absolute atomic E-state index is 3.97. The molecule has 1 heterocycles. The van der Waals surface area contributed by atoms with Crippen LogP contribution in [0.25, 0.3) is 0 Å². The largest absolute Gasteiger partial charge is 0.304 e. The number of aromatic amines is 1. The van der Waals surface area contributed by atoms with Crippen LogP contribution in [0, 0.1) is 5.92 Å². The highest BCUT2D eigenvalue weighted by atomic mass is 15.1. The molecule has 0 spiro atoms. The molecule has 1 unspecified atom stereocenters. The minimum absolute atomic E-state index is 0.486. The summed E-state index contributed by atoms with van der Waals surface area (Å²) in [5, 5.41) is 10.6. The highest BCUT2D eigenvalue weighted by molar-refractivity contribution is 5.21. The molecule has 0 aliphatic heterocycles. The summed E-state index contributed by atoms with van der Waals surface area (Å²) in [6.07, 6.45) is 4.48. The zero-order valence-corrected chi connectivity index (χ0v) is 9.76. The summed E-state index contributed by atoms with van der Waals surface area (Å²) in [5.41, 5.74) is 2.54. The number of benzene rings is 1. The summed E-state index contributed by atoms with van der Waals surface area (Å²) >= 11 is 0. The van der Waals surface area contributed by atoms with E-state index in [0.29, 0.717) is 6.04 Å². The molecule has 2 aromatic rings. The molecule has 0 bridgehead atoms. The Hall–Kier alpha value is -1.61. The highest BCUT2D eigenvalue weighted by Gasteiger charge is 2.31. The van der Waals surface area contributed by atoms with Gasteiger partial charge in [0.25, 0.3) is 0 Å². The average Bonchev–Trinajstić information content (AvgIpc) is 3.07. The van der Waals surface area contributed by atoms with E-state index in [0.717, 1.165) is 18.2 Å². The summed E-state index contributed by atoms with van der Waals surface area (Å²) in [7, 11) is 0. The van der Waals surface area contributed by atoms with E-state index in [1.807, 2.05) is 6.07 Å². The van der Waals surface area contributed by atoms with Crippen LogP contribution >= 0.6 is 0 Å². The van der Waals surface area contributed by atoms with Crippen LogP contribution in [0.15, 0.2) is 42.6 Å². The van der Waals surface area contributed by atoms with Crippen LogP contribution in [0.3, 0.4) is 0 Å². The molecule has 17 heavy (non-hydrogen) atoms. The zero-order valence-electron chi connectivity index (χ0n) is 9.76. The van der Waals surface area contributed by atoms with Gasteiger partial charge in [0.05, 0.1) is 0 Å². The Morgan fingerprint density at radius 3 is 2.71 bits per heavy atom. The molecule has 88 valence electrons. The van der Waals surface area contributed by atoms with Gasteiger partial charge in [0.2, 0.25) is 0 Å². The van der Waals surface area contributed by atoms with Crippen LogP contribution < -0.4 is 5.32 Å². The molecule has 0 radical (unpaired) electrons. The van der Waals surface area contributed by atoms with Crippen molar-refractivity contribution >= 4 is 0 Å². The van der Waals surface area contributed by atoms with E-state index in [-0.39, 0.29) is 0 Å². The number of aromatic nitrogens is 2. The Bertz CT molecular complexity index is 446. The van der Waals surface area contributed by atoms with Crippen molar-refractivity contribution in [3.05, 3.63) is 53.9 Å². The van der Waals surface area contributed by atoms with Gasteiger partial charge in [0.1, 0.15) is 0 Å². The average molecular weight is 227 g/mol. The lowest BCUT2D eigenvalue weighted by atomic mass is 10.0. The SMILES string of the molecule is c1ccc(C(NCc2ccn[nH]2)C2CC2)cc1. The van der Waals surface area contributed by atoms with Gasteiger partial charge in [0, 0.05) is 24.5 Å². The normalized spacial score (nSPS) is 16.9. The first-order valence-corrected chi connectivity index (χ1v) is 6.20. The van der Waals surface area contributed by atoms with Gasteiger partial charge >= 0.3 is 0 Å². The number of hydrogen-bond donors (Lipinski definition) is 2.